The zero-order chi connectivity index (χ0) is 21.5. The van der Waals surface area contributed by atoms with Crippen LogP contribution in [0, 0.1) is 0 Å². The molecular formula is C19H31N3O6. The van der Waals surface area contributed by atoms with Gasteiger partial charge in [-0.15, -0.1) is 0 Å². The van der Waals surface area contributed by atoms with Crippen molar-refractivity contribution in [3.8, 4) is 0 Å². The van der Waals surface area contributed by atoms with Crippen LogP contribution in [0.3, 0.4) is 0 Å². The number of aryl methyl sites for hydroxylation is 1. The van der Waals surface area contributed by atoms with Crippen LogP contribution >= 0.6 is 0 Å². The first-order valence-corrected chi connectivity index (χ1v) is 9.13. The van der Waals surface area contributed by atoms with E-state index in [9.17, 15) is 14.4 Å². The topological polar surface area (TPSA) is 176 Å². The smallest absolute Gasteiger partial charge is 0.320 e. The van der Waals surface area contributed by atoms with Gasteiger partial charge in [-0.3, -0.25) is 19.7 Å². The summed E-state index contributed by atoms with van der Waals surface area (Å²) in [5.74, 6) is -3.02. The van der Waals surface area contributed by atoms with Gasteiger partial charge in [-0.25, -0.2) is 0 Å². The number of nitrogens with one attached hydrogen (secondary N) is 1. The van der Waals surface area contributed by atoms with Crippen LogP contribution in [0.2, 0.25) is 0 Å². The molecule has 158 valence electrons. The normalized spacial score (nSPS) is 13.5. The van der Waals surface area contributed by atoms with Gasteiger partial charge >= 0.3 is 17.9 Å². The molecule has 0 unspecified atom stereocenters. The first kappa shape index (κ1) is 25.5. The molecule has 0 bridgehead atoms. The number of hydrogen-bond acceptors (Lipinski definition) is 6. The Labute approximate surface area is 164 Å². The van der Waals surface area contributed by atoms with Gasteiger partial charge in [-0.05, 0) is 44.7 Å². The summed E-state index contributed by atoms with van der Waals surface area (Å²) in [4.78, 5) is 31.8. The summed E-state index contributed by atoms with van der Waals surface area (Å²) in [6.07, 6.45) is 3.12. The summed E-state index contributed by atoms with van der Waals surface area (Å²) >= 11 is 0. The lowest BCUT2D eigenvalue weighted by Gasteiger charge is -2.17. The monoisotopic (exact) mass is 397 g/mol. The number of unbranched alkanes of at least 4 members (excludes halogenated alkanes) is 1. The highest BCUT2D eigenvalue weighted by Crippen LogP contribution is 2.06. The van der Waals surface area contributed by atoms with Gasteiger partial charge in [-0.2, -0.15) is 0 Å². The van der Waals surface area contributed by atoms with E-state index in [0.717, 1.165) is 18.4 Å². The third-order valence-electron chi connectivity index (χ3n) is 3.97. The fraction of sp³-hybridized carbons (Fsp3) is 0.526. The summed E-state index contributed by atoms with van der Waals surface area (Å²) in [5.41, 5.74) is 11.5. The lowest BCUT2D eigenvalue weighted by Crippen LogP contribution is -2.45. The van der Waals surface area contributed by atoms with E-state index < -0.39 is 36.0 Å². The van der Waals surface area contributed by atoms with Gasteiger partial charge < -0.3 is 26.8 Å². The Bertz CT molecular complexity index is 597. The van der Waals surface area contributed by atoms with Crippen molar-refractivity contribution in [2.45, 2.75) is 57.2 Å². The zero-order valence-corrected chi connectivity index (χ0v) is 16.1. The molecule has 9 heteroatoms. The fourth-order valence-electron chi connectivity index (χ4n) is 2.24. The molecule has 9 nitrogen and oxygen atoms in total. The van der Waals surface area contributed by atoms with Gasteiger partial charge in [0, 0.05) is 0 Å². The van der Waals surface area contributed by atoms with E-state index in [2.05, 4.69) is 5.32 Å². The number of carbonyl (C=O) groups is 3. The number of aliphatic carboxylic acids is 3. The Morgan fingerprint density at radius 3 is 2.04 bits per heavy atom. The van der Waals surface area contributed by atoms with E-state index in [0.29, 0.717) is 25.8 Å². The fourth-order valence-corrected chi connectivity index (χ4v) is 2.24. The van der Waals surface area contributed by atoms with E-state index in [1.54, 1.807) is 0 Å². The van der Waals surface area contributed by atoms with E-state index >= 15 is 0 Å². The summed E-state index contributed by atoms with van der Waals surface area (Å²) in [7, 11) is 0. The summed E-state index contributed by atoms with van der Waals surface area (Å²) in [6.45, 7) is 2.03. The third-order valence-corrected chi connectivity index (χ3v) is 3.97. The van der Waals surface area contributed by atoms with Crippen molar-refractivity contribution in [1.82, 2.24) is 5.32 Å². The van der Waals surface area contributed by atoms with Crippen molar-refractivity contribution in [3.63, 3.8) is 0 Å². The minimum absolute atomic E-state index is 0.358. The lowest BCUT2D eigenvalue weighted by molar-refractivity contribution is -0.142. The molecule has 0 fully saturated rings. The Morgan fingerprint density at radius 2 is 1.57 bits per heavy atom. The third kappa shape index (κ3) is 12.0. The molecule has 1 aromatic carbocycles. The first-order chi connectivity index (χ1) is 13.2. The standard InChI is InChI=1S/C13H17NO4.C6H14N2O2/c1-9(12(15)16)14-11(13(17)18)8-7-10-5-3-2-4-6-10;7-4-2-1-3-5(8)6(9)10/h2-6,9,11,14H,7-8H2,1H3,(H,15,16)(H,17,18);5H,1-4,7-8H2,(H,9,10)/t9-,11+;5-/m10/s1. The van der Waals surface area contributed by atoms with Crippen LogP contribution in [0.4, 0.5) is 0 Å². The van der Waals surface area contributed by atoms with Crippen molar-refractivity contribution in [2.24, 2.45) is 11.5 Å². The van der Waals surface area contributed by atoms with E-state index in [1.165, 1.54) is 6.92 Å². The van der Waals surface area contributed by atoms with Crippen LogP contribution in [0.5, 0.6) is 0 Å². The predicted molar refractivity (Wildman–Crippen MR) is 105 cm³/mol. The van der Waals surface area contributed by atoms with Crippen LogP contribution in [0.25, 0.3) is 0 Å². The molecule has 0 aliphatic heterocycles. The molecular weight excluding hydrogens is 366 g/mol. The van der Waals surface area contributed by atoms with Crippen LogP contribution in [-0.4, -0.2) is 57.9 Å². The second-order valence-electron chi connectivity index (χ2n) is 6.37. The maximum absolute atomic E-state index is 11.0. The molecule has 1 aromatic rings. The SMILES string of the molecule is C[C@@H](N[C@@H](CCc1ccccc1)C(=O)O)C(=O)O.NCCCC[C@H](N)C(=O)O. The minimum atomic E-state index is -1.05. The molecule has 0 radical (unpaired) electrons. The highest BCUT2D eigenvalue weighted by molar-refractivity contribution is 5.77. The second kappa shape index (κ2) is 14.6. The second-order valence-corrected chi connectivity index (χ2v) is 6.37. The molecule has 0 spiro atoms. The largest absolute Gasteiger partial charge is 0.480 e. The summed E-state index contributed by atoms with van der Waals surface area (Å²) < 4.78 is 0. The number of benzene rings is 1. The quantitative estimate of drug-likeness (QED) is 0.277. The Morgan fingerprint density at radius 1 is 0.964 bits per heavy atom. The van der Waals surface area contributed by atoms with Crippen LogP contribution in [-0.2, 0) is 20.8 Å². The minimum Gasteiger partial charge on any atom is -0.480 e. The van der Waals surface area contributed by atoms with E-state index in [-0.39, 0.29) is 0 Å². The average Bonchev–Trinajstić information content (AvgIpc) is 2.65. The summed E-state index contributed by atoms with van der Waals surface area (Å²) in [6, 6.07) is 7.06. The van der Waals surface area contributed by atoms with Crippen molar-refractivity contribution >= 4 is 17.9 Å². The number of nitrogens with two attached hydrogens (primary N) is 2. The molecule has 8 N–H and O–H groups in total. The molecule has 1 rings (SSSR count). The number of rotatable bonds is 12. The molecule has 0 saturated carbocycles. The van der Waals surface area contributed by atoms with Crippen LogP contribution < -0.4 is 16.8 Å². The highest BCUT2D eigenvalue weighted by Gasteiger charge is 2.22. The van der Waals surface area contributed by atoms with Crippen LogP contribution in [0.1, 0.15) is 38.2 Å². The molecule has 0 amide bonds. The van der Waals surface area contributed by atoms with Gasteiger partial charge in [0.15, 0.2) is 0 Å². The van der Waals surface area contributed by atoms with Gasteiger partial charge in [0.25, 0.3) is 0 Å². The Kier molecular flexibility index (Phi) is 13.3. The van der Waals surface area contributed by atoms with Gasteiger partial charge in [0.2, 0.25) is 0 Å². The Balaban J connectivity index is 0.000000621. The molecule has 0 heterocycles. The van der Waals surface area contributed by atoms with Crippen molar-refractivity contribution in [3.05, 3.63) is 35.9 Å². The first-order valence-electron chi connectivity index (χ1n) is 9.13. The number of carboxylic acids is 3. The Hall–Kier alpha value is -2.49. The predicted octanol–water partition coefficient (Wildman–Crippen LogP) is 0.662. The van der Waals surface area contributed by atoms with Crippen molar-refractivity contribution in [2.75, 3.05) is 6.54 Å². The van der Waals surface area contributed by atoms with Crippen LogP contribution in [0.15, 0.2) is 30.3 Å². The van der Waals surface area contributed by atoms with Gasteiger partial charge in [-0.1, -0.05) is 36.8 Å². The number of hydrogen-bond donors (Lipinski definition) is 6. The summed E-state index contributed by atoms with van der Waals surface area (Å²) in [5, 5.41) is 28.7. The zero-order valence-electron chi connectivity index (χ0n) is 16.1. The molecule has 3 atom stereocenters. The van der Waals surface area contributed by atoms with E-state index in [4.69, 9.17) is 26.8 Å². The average molecular weight is 397 g/mol. The molecule has 0 aliphatic rings. The molecule has 28 heavy (non-hydrogen) atoms. The molecule has 0 saturated heterocycles. The van der Waals surface area contributed by atoms with E-state index in [1.807, 2.05) is 30.3 Å². The molecule has 0 aliphatic carbocycles. The lowest BCUT2D eigenvalue weighted by atomic mass is 10.0. The number of carboxylic acid groups (broad SMARTS) is 3. The maximum atomic E-state index is 11.0. The van der Waals surface area contributed by atoms with Crippen molar-refractivity contribution in [1.29, 1.82) is 0 Å². The maximum Gasteiger partial charge on any atom is 0.320 e. The van der Waals surface area contributed by atoms with Gasteiger partial charge in [0.05, 0.1) is 0 Å². The highest BCUT2D eigenvalue weighted by atomic mass is 16.4. The molecule has 0 aromatic heterocycles. The van der Waals surface area contributed by atoms with Crippen molar-refractivity contribution < 1.29 is 29.7 Å². The van der Waals surface area contributed by atoms with Gasteiger partial charge in [0.1, 0.15) is 18.1 Å².